The summed E-state index contributed by atoms with van der Waals surface area (Å²) in [6, 6.07) is 15.0. The largest absolute Gasteiger partial charge is 0.497 e. The Kier molecular flexibility index (Phi) is 4.19. The second-order valence-electron chi connectivity index (χ2n) is 3.72. The van der Waals surface area contributed by atoms with Crippen molar-refractivity contribution in [2.45, 2.75) is 0 Å². The molecule has 0 aliphatic carbocycles. The molecule has 0 bridgehead atoms. The molecular formula is C14H15O3P. The number of benzene rings is 2. The van der Waals surface area contributed by atoms with Crippen LogP contribution in [0.25, 0.3) is 0 Å². The summed E-state index contributed by atoms with van der Waals surface area (Å²) >= 11 is 0. The molecule has 0 aromatic heterocycles. The normalized spacial score (nSPS) is 11.9. The number of hydrogen-bond donors (Lipinski definition) is 1. The minimum absolute atomic E-state index is 0.682. The number of methoxy groups -OCH3 is 2. The first-order chi connectivity index (χ1) is 8.74. The molecule has 0 amide bonds. The third kappa shape index (κ3) is 2.81. The van der Waals surface area contributed by atoms with Gasteiger partial charge in [0, 0.05) is 16.7 Å². The van der Waals surface area contributed by atoms with Gasteiger partial charge in [-0.15, -0.1) is 0 Å². The van der Waals surface area contributed by atoms with Crippen molar-refractivity contribution in [3.8, 4) is 11.5 Å². The average molecular weight is 262 g/mol. The monoisotopic (exact) mass is 262 g/mol. The molecule has 0 radical (unpaired) electrons. The van der Waals surface area contributed by atoms with E-state index in [9.17, 15) is 4.89 Å². The van der Waals surface area contributed by atoms with Crippen LogP contribution in [0.1, 0.15) is 0 Å². The molecule has 1 N–H and O–H groups in total. The highest BCUT2D eigenvalue weighted by molar-refractivity contribution is 7.67. The summed E-state index contributed by atoms with van der Waals surface area (Å²) < 4.78 is 10.4. The molecule has 94 valence electrons. The fraction of sp³-hybridized carbons (Fsp3) is 0.143. The first-order valence-corrected chi connectivity index (χ1v) is 6.81. The first kappa shape index (κ1) is 12.9. The molecule has 1 atom stereocenters. The molecule has 0 saturated heterocycles. The van der Waals surface area contributed by atoms with Crippen molar-refractivity contribution in [3.05, 3.63) is 48.5 Å². The molecule has 4 heteroatoms. The van der Waals surface area contributed by atoms with Gasteiger partial charge in [-0.25, -0.2) is 0 Å². The molecule has 2 aromatic carbocycles. The zero-order valence-corrected chi connectivity index (χ0v) is 11.2. The quantitative estimate of drug-likeness (QED) is 0.857. The van der Waals surface area contributed by atoms with Crippen LogP contribution in [0, 0.1) is 0 Å². The van der Waals surface area contributed by atoms with E-state index in [-0.39, 0.29) is 0 Å². The van der Waals surface area contributed by atoms with Gasteiger partial charge in [-0.3, -0.25) is 0 Å². The fourth-order valence-corrected chi connectivity index (χ4v) is 2.88. The highest BCUT2D eigenvalue weighted by Crippen LogP contribution is 2.31. The van der Waals surface area contributed by atoms with Crippen LogP contribution in [0.4, 0.5) is 0 Å². The SMILES string of the molecule is COc1cc(OC)cc(P(O)c2ccccc2)c1. The van der Waals surface area contributed by atoms with Gasteiger partial charge in [0.15, 0.2) is 0 Å². The molecule has 0 spiro atoms. The third-order valence-corrected chi connectivity index (χ3v) is 4.12. The van der Waals surface area contributed by atoms with E-state index in [4.69, 9.17) is 9.47 Å². The van der Waals surface area contributed by atoms with Gasteiger partial charge in [0.25, 0.3) is 0 Å². The Morgan fingerprint density at radius 2 is 1.39 bits per heavy atom. The minimum atomic E-state index is -1.37. The van der Waals surface area contributed by atoms with Crippen LogP contribution >= 0.6 is 8.15 Å². The van der Waals surface area contributed by atoms with Crippen molar-refractivity contribution in [1.29, 1.82) is 0 Å². The molecular weight excluding hydrogens is 247 g/mol. The van der Waals surface area contributed by atoms with Crippen molar-refractivity contribution < 1.29 is 14.4 Å². The third-order valence-electron chi connectivity index (χ3n) is 2.58. The fourth-order valence-electron chi connectivity index (χ4n) is 1.63. The Morgan fingerprint density at radius 3 is 1.89 bits per heavy atom. The van der Waals surface area contributed by atoms with Gasteiger partial charge in [-0.1, -0.05) is 30.3 Å². The summed E-state index contributed by atoms with van der Waals surface area (Å²) in [5.74, 6) is 1.36. The zero-order valence-electron chi connectivity index (χ0n) is 10.3. The van der Waals surface area contributed by atoms with Gasteiger partial charge in [0.05, 0.1) is 22.4 Å². The maximum Gasteiger partial charge on any atom is 0.123 e. The van der Waals surface area contributed by atoms with Gasteiger partial charge in [0.2, 0.25) is 0 Å². The predicted octanol–water partition coefficient (Wildman–Crippen LogP) is 2.04. The van der Waals surface area contributed by atoms with Crippen molar-refractivity contribution in [1.82, 2.24) is 0 Å². The van der Waals surface area contributed by atoms with Gasteiger partial charge < -0.3 is 14.4 Å². The van der Waals surface area contributed by atoms with Crippen LogP contribution in [-0.2, 0) is 0 Å². The molecule has 1 unspecified atom stereocenters. The lowest BCUT2D eigenvalue weighted by Crippen LogP contribution is -2.11. The maximum absolute atomic E-state index is 10.4. The summed E-state index contributed by atoms with van der Waals surface area (Å²) in [6.07, 6.45) is 0. The Hall–Kier alpha value is -1.57. The van der Waals surface area contributed by atoms with Crippen molar-refractivity contribution in [2.24, 2.45) is 0 Å². The Labute approximate surface area is 108 Å². The summed E-state index contributed by atoms with van der Waals surface area (Å²) in [4.78, 5) is 10.4. The Morgan fingerprint density at radius 1 is 0.833 bits per heavy atom. The van der Waals surface area contributed by atoms with Crippen molar-refractivity contribution in [2.75, 3.05) is 14.2 Å². The van der Waals surface area contributed by atoms with Gasteiger partial charge in [-0.05, 0) is 12.1 Å². The van der Waals surface area contributed by atoms with E-state index in [2.05, 4.69) is 0 Å². The number of hydrogen-bond acceptors (Lipinski definition) is 3. The van der Waals surface area contributed by atoms with Crippen LogP contribution in [-0.4, -0.2) is 19.1 Å². The molecule has 2 aromatic rings. The van der Waals surface area contributed by atoms with Crippen LogP contribution in [0.15, 0.2) is 48.5 Å². The van der Waals surface area contributed by atoms with E-state index in [1.807, 2.05) is 42.5 Å². The van der Waals surface area contributed by atoms with Gasteiger partial charge >= 0.3 is 0 Å². The molecule has 0 saturated carbocycles. The minimum Gasteiger partial charge on any atom is -0.497 e. The zero-order chi connectivity index (χ0) is 13.0. The average Bonchev–Trinajstić information content (AvgIpc) is 2.46. The molecule has 0 aliphatic rings. The van der Waals surface area contributed by atoms with Crippen LogP contribution < -0.4 is 20.1 Å². The molecule has 18 heavy (non-hydrogen) atoms. The summed E-state index contributed by atoms with van der Waals surface area (Å²) in [7, 11) is 1.82. The van der Waals surface area contributed by atoms with E-state index < -0.39 is 8.15 Å². The Balaban J connectivity index is 2.38. The van der Waals surface area contributed by atoms with E-state index in [1.54, 1.807) is 20.3 Å². The molecule has 3 nitrogen and oxygen atoms in total. The summed E-state index contributed by atoms with van der Waals surface area (Å²) in [5, 5.41) is 1.72. The Bertz CT molecular complexity index is 491. The first-order valence-electron chi connectivity index (χ1n) is 5.51. The van der Waals surface area contributed by atoms with Gasteiger partial charge in [-0.2, -0.15) is 0 Å². The molecule has 2 rings (SSSR count). The van der Waals surface area contributed by atoms with Gasteiger partial charge in [0.1, 0.15) is 11.5 Å². The summed E-state index contributed by atoms with van der Waals surface area (Å²) in [5.41, 5.74) is 0. The van der Waals surface area contributed by atoms with Crippen LogP contribution in [0.3, 0.4) is 0 Å². The van der Waals surface area contributed by atoms with Crippen LogP contribution in [0.5, 0.6) is 11.5 Å². The topological polar surface area (TPSA) is 38.7 Å². The van der Waals surface area contributed by atoms with Crippen molar-refractivity contribution in [3.63, 3.8) is 0 Å². The number of ether oxygens (including phenoxy) is 2. The van der Waals surface area contributed by atoms with E-state index >= 15 is 0 Å². The maximum atomic E-state index is 10.4. The van der Waals surface area contributed by atoms with Crippen LogP contribution in [0.2, 0.25) is 0 Å². The highest BCUT2D eigenvalue weighted by atomic mass is 31.1. The molecule has 0 aliphatic heterocycles. The van der Waals surface area contributed by atoms with E-state index in [0.29, 0.717) is 11.5 Å². The second kappa shape index (κ2) is 5.85. The smallest absolute Gasteiger partial charge is 0.123 e. The lowest BCUT2D eigenvalue weighted by molar-refractivity contribution is 0.395. The molecule has 0 fully saturated rings. The standard InChI is InChI=1S/C14H15O3P/c1-16-11-8-12(17-2)10-14(9-11)18(15)13-6-4-3-5-7-13/h3-10,15H,1-2H3. The van der Waals surface area contributed by atoms with Crippen molar-refractivity contribution >= 4 is 18.8 Å². The summed E-state index contributed by atoms with van der Waals surface area (Å²) in [6.45, 7) is 0. The highest BCUT2D eigenvalue weighted by Gasteiger charge is 2.13. The van der Waals surface area contributed by atoms with E-state index in [1.165, 1.54) is 0 Å². The van der Waals surface area contributed by atoms with E-state index in [0.717, 1.165) is 10.6 Å². The lowest BCUT2D eigenvalue weighted by Gasteiger charge is -2.13. The number of rotatable bonds is 4. The molecule has 0 heterocycles. The predicted molar refractivity (Wildman–Crippen MR) is 74.4 cm³/mol. The lowest BCUT2D eigenvalue weighted by atomic mass is 10.3. The second-order valence-corrected chi connectivity index (χ2v) is 5.37.